The Hall–Kier alpha value is -3.56. The molecule has 4 aromatic rings. The van der Waals surface area contributed by atoms with Crippen LogP contribution in [-0.2, 0) is 32.5 Å². The van der Waals surface area contributed by atoms with Crippen molar-refractivity contribution in [1.82, 2.24) is 20.3 Å². The largest absolute Gasteiger partial charge is 0.490 e. The summed E-state index contributed by atoms with van der Waals surface area (Å²) in [5.41, 5.74) is 1.28. The monoisotopic (exact) mass is 691 g/mol. The predicted octanol–water partition coefficient (Wildman–Crippen LogP) is 6.41. The summed E-state index contributed by atoms with van der Waals surface area (Å²) in [6, 6.07) is 11.9. The zero-order valence-electron chi connectivity index (χ0n) is 22.4. The van der Waals surface area contributed by atoms with Crippen LogP contribution in [0.3, 0.4) is 0 Å². The van der Waals surface area contributed by atoms with Gasteiger partial charge >= 0.3 is 12.1 Å². The molecule has 0 spiro atoms. The van der Waals surface area contributed by atoms with Crippen LogP contribution in [0, 0.1) is 5.92 Å². The molecule has 2 aromatic carbocycles. The molecule has 10 nitrogen and oxygen atoms in total. The molecule has 0 saturated heterocycles. The molecule has 2 heterocycles. The number of halogens is 6. The van der Waals surface area contributed by atoms with Gasteiger partial charge in [0.2, 0.25) is 5.88 Å². The van der Waals surface area contributed by atoms with Crippen LogP contribution in [0.5, 0.6) is 11.6 Å². The molecule has 17 heteroatoms. The molecule has 0 unspecified atom stereocenters. The highest BCUT2D eigenvalue weighted by Crippen LogP contribution is 2.33. The van der Waals surface area contributed by atoms with E-state index >= 15 is 0 Å². The molecule has 3 N–H and O–H groups in total. The van der Waals surface area contributed by atoms with Gasteiger partial charge in [0.25, 0.3) is 10.0 Å². The maximum atomic E-state index is 13.0. The Labute approximate surface area is 264 Å². The fourth-order valence-corrected chi connectivity index (χ4v) is 5.44. The van der Waals surface area contributed by atoms with Gasteiger partial charge < -0.3 is 19.8 Å². The number of carbonyl (C=O) groups is 1. The van der Waals surface area contributed by atoms with Gasteiger partial charge in [-0.1, -0.05) is 46.9 Å². The number of hydrogen-bond acceptors (Lipinski definition) is 8. The van der Waals surface area contributed by atoms with E-state index in [-0.39, 0.29) is 51.0 Å². The Bertz CT molecular complexity index is 1710. The van der Waals surface area contributed by atoms with Crippen LogP contribution in [-0.4, -0.2) is 48.7 Å². The molecule has 4 rings (SSSR count). The molecule has 0 bridgehead atoms. The number of alkyl halides is 3. The second-order valence-corrected chi connectivity index (χ2v) is 12.2. The smallest absolute Gasteiger partial charge is 0.459 e. The van der Waals surface area contributed by atoms with E-state index in [1.165, 1.54) is 36.8 Å². The molecule has 0 fully saturated rings. The number of imidazole rings is 1. The molecule has 1 atom stereocenters. The number of anilines is 1. The SMILES string of the molecule is O=C(OC[C@H](CNCc1cccc(Oc2ncc(Cl)cc2NS(=O)(=O)c2ccc(Cl)c(Cl)c2)c1)Cc1c[nH]cn1)C(F)(F)F. The second-order valence-electron chi connectivity index (χ2n) is 9.29. The number of ether oxygens (including phenoxy) is 2. The number of carbonyl (C=O) groups excluding carboxylic acids is 1. The first kappa shape index (κ1) is 33.3. The number of hydrogen-bond donors (Lipinski definition) is 3. The van der Waals surface area contributed by atoms with Gasteiger partial charge in [-0.15, -0.1) is 0 Å². The quantitative estimate of drug-likeness (QED) is 0.137. The Morgan fingerprint density at radius 3 is 2.55 bits per heavy atom. The van der Waals surface area contributed by atoms with Crippen molar-refractivity contribution in [2.75, 3.05) is 17.9 Å². The fourth-order valence-electron chi connectivity index (χ4n) is 3.84. The van der Waals surface area contributed by atoms with Crippen LogP contribution >= 0.6 is 34.8 Å². The number of nitrogens with zero attached hydrogens (tertiary/aromatic N) is 2. The zero-order valence-corrected chi connectivity index (χ0v) is 25.5. The third-order valence-corrected chi connectivity index (χ3v) is 8.18. The summed E-state index contributed by atoms with van der Waals surface area (Å²) < 4.78 is 76.5. The Morgan fingerprint density at radius 2 is 1.84 bits per heavy atom. The van der Waals surface area contributed by atoms with Gasteiger partial charge in [-0.3, -0.25) is 4.72 Å². The minimum absolute atomic E-state index is 0.0401. The molecule has 0 saturated carbocycles. The minimum atomic E-state index is -5.09. The van der Waals surface area contributed by atoms with Crippen molar-refractivity contribution in [1.29, 1.82) is 0 Å². The zero-order chi connectivity index (χ0) is 31.9. The van der Waals surface area contributed by atoms with Gasteiger partial charge in [-0.2, -0.15) is 13.2 Å². The van der Waals surface area contributed by atoms with Crippen LogP contribution in [0.1, 0.15) is 11.3 Å². The maximum absolute atomic E-state index is 13.0. The van der Waals surface area contributed by atoms with Crippen molar-refractivity contribution >= 4 is 56.5 Å². The summed E-state index contributed by atoms with van der Waals surface area (Å²) >= 11 is 17.9. The summed E-state index contributed by atoms with van der Waals surface area (Å²) in [5, 5.41) is 3.52. The highest BCUT2D eigenvalue weighted by atomic mass is 35.5. The topological polar surface area (TPSA) is 135 Å². The van der Waals surface area contributed by atoms with Gasteiger partial charge in [0.05, 0.1) is 38.6 Å². The summed E-state index contributed by atoms with van der Waals surface area (Å²) in [5.74, 6) is -2.55. The highest BCUT2D eigenvalue weighted by Gasteiger charge is 2.41. The molecule has 44 heavy (non-hydrogen) atoms. The number of sulfonamides is 1. The van der Waals surface area contributed by atoms with Crippen molar-refractivity contribution in [3.05, 3.63) is 93.6 Å². The van der Waals surface area contributed by atoms with Gasteiger partial charge in [0.15, 0.2) is 0 Å². The van der Waals surface area contributed by atoms with Crippen LogP contribution in [0.15, 0.2) is 72.1 Å². The standard InChI is InChI=1S/C27H23Cl3F3N5O5S/c28-18-8-24(38-44(40,41)21-4-5-22(29)23(30)9-21)25(36-12-18)43-20-3-1-2-16(7-20)10-34-11-17(6-19-13-35-15-37-19)14-42-26(39)27(31,32)33/h1-5,7-9,12-13,15,17,34,38H,6,10-11,14H2,(H,35,37)/t17-/m0/s1. The van der Waals surface area contributed by atoms with Gasteiger partial charge in [-0.05, 0) is 48.4 Å². The molecule has 0 aliphatic carbocycles. The van der Waals surface area contributed by atoms with Crippen molar-refractivity contribution in [2.24, 2.45) is 5.92 Å². The molecular formula is C27H23Cl3F3N5O5S. The molecule has 0 aliphatic rings. The highest BCUT2D eigenvalue weighted by molar-refractivity contribution is 7.92. The summed E-state index contributed by atoms with van der Waals surface area (Å²) in [6.07, 6.45) is -0.513. The molecule has 2 aromatic heterocycles. The molecule has 0 aliphatic heterocycles. The number of H-pyrrole nitrogens is 1. The Balaban J connectivity index is 1.42. The normalized spacial score (nSPS) is 12.5. The molecule has 0 amide bonds. The van der Waals surface area contributed by atoms with Crippen molar-refractivity contribution in [2.45, 2.75) is 24.0 Å². The lowest BCUT2D eigenvalue weighted by Gasteiger charge is -2.18. The van der Waals surface area contributed by atoms with E-state index in [0.29, 0.717) is 11.4 Å². The van der Waals surface area contributed by atoms with E-state index in [0.717, 1.165) is 5.56 Å². The first-order chi connectivity index (χ1) is 20.8. The molecule has 234 valence electrons. The van der Waals surface area contributed by atoms with Gasteiger partial charge in [0, 0.05) is 31.4 Å². The number of nitrogens with one attached hydrogen (secondary N) is 3. The number of aromatic amines is 1. The lowest BCUT2D eigenvalue weighted by Crippen LogP contribution is -2.32. The van der Waals surface area contributed by atoms with Crippen LogP contribution in [0.4, 0.5) is 18.9 Å². The van der Waals surface area contributed by atoms with E-state index in [9.17, 15) is 26.4 Å². The van der Waals surface area contributed by atoms with Crippen molar-refractivity contribution in [3.63, 3.8) is 0 Å². The van der Waals surface area contributed by atoms with E-state index < -0.39 is 34.7 Å². The lowest BCUT2D eigenvalue weighted by molar-refractivity contribution is -0.200. The minimum Gasteiger partial charge on any atom is -0.459 e. The third-order valence-electron chi connectivity index (χ3n) is 5.87. The summed E-state index contributed by atoms with van der Waals surface area (Å²) in [7, 11) is -4.13. The number of aromatic nitrogens is 3. The predicted molar refractivity (Wildman–Crippen MR) is 158 cm³/mol. The number of rotatable bonds is 13. The maximum Gasteiger partial charge on any atom is 0.490 e. The Kier molecular flexibility index (Phi) is 11.0. The second kappa shape index (κ2) is 14.5. The first-order valence-corrected chi connectivity index (χ1v) is 15.2. The third kappa shape index (κ3) is 9.47. The fraction of sp³-hybridized carbons (Fsp3) is 0.222. The van der Waals surface area contributed by atoms with Crippen LogP contribution < -0.4 is 14.8 Å². The molecular weight excluding hydrogens is 670 g/mol. The van der Waals surface area contributed by atoms with Gasteiger partial charge in [-0.25, -0.2) is 23.2 Å². The van der Waals surface area contributed by atoms with Crippen molar-refractivity contribution < 1.29 is 35.9 Å². The molecule has 0 radical (unpaired) electrons. The summed E-state index contributed by atoms with van der Waals surface area (Å²) in [6.45, 7) is -0.000688. The van der Waals surface area contributed by atoms with E-state index in [4.69, 9.17) is 39.5 Å². The van der Waals surface area contributed by atoms with E-state index in [1.54, 1.807) is 30.5 Å². The average molecular weight is 693 g/mol. The average Bonchev–Trinajstić information content (AvgIpc) is 3.47. The Morgan fingerprint density at radius 1 is 1.05 bits per heavy atom. The lowest BCUT2D eigenvalue weighted by atomic mass is 10.0. The van der Waals surface area contributed by atoms with Crippen LogP contribution in [0.25, 0.3) is 0 Å². The summed E-state index contributed by atoms with van der Waals surface area (Å²) in [4.78, 5) is 22.0. The van der Waals surface area contributed by atoms with E-state index in [1.807, 2.05) is 0 Å². The van der Waals surface area contributed by atoms with E-state index in [2.05, 4.69) is 29.7 Å². The number of benzene rings is 2. The van der Waals surface area contributed by atoms with Gasteiger partial charge in [0.1, 0.15) is 11.4 Å². The van der Waals surface area contributed by atoms with Crippen LogP contribution in [0.2, 0.25) is 15.1 Å². The number of esters is 1. The van der Waals surface area contributed by atoms with Crippen molar-refractivity contribution in [3.8, 4) is 11.6 Å². The number of pyridine rings is 1. The first-order valence-electron chi connectivity index (χ1n) is 12.6.